The van der Waals surface area contributed by atoms with E-state index in [-0.39, 0.29) is 0 Å². The predicted octanol–water partition coefficient (Wildman–Crippen LogP) is 2.89. The van der Waals surface area contributed by atoms with Crippen LogP contribution in [0.2, 0.25) is 0 Å². The molecule has 4 nitrogen and oxygen atoms in total. The van der Waals surface area contributed by atoms with Crippen LogP contribution in [0, 0.1) is 0 Å². The smallest absolute Gasteiger partial charge is 0.407 e. The summed E-state index contributed by atoms with van der Waals surface area (Å²) >= 11 is 0. The number of aliphatic hydroxyl groups is 1. The molecule has 0 bridgehead atoms. The summed E-state index contributed by atoms with van der Waals surface area (Å²) in [6.07, 6.45) is 0.498. The Labute approximate surface area is 114 Å². The van der Waals surface area contributed by atoms with Crippen molar-refractivity contribution in [3.8, 4) is 0 Å². The molecule has 0 saturated carbocycles. The zero-order chi connectivity index (χ0) is 14.3. The number of carbonyl (C=O) groups is 1. The van der Waals surface area contributed by atoms with E-state index in [9.17, 15) is 9.90 Å². The molecule has 19 heavy (non-hydrogen) atoms. The number of aliphatic hydroxyl groups excluding tert-OH is 1. The van der Waals surface area contributed by atoms with E-state index < -0.39 is 18.3 Å². The van der Waals surface area contributed by atoms with Gasteiger partial charge < -0.3 is 15.2 Å². The Balaban J connectivity index is 2.68. The predicted molar refractivity (Wildman–Crippen MR) is 75.7 cm³/mol. The zero-order valence-electron chi connectivity index (χ0n) is 11.4. The van der Waals surface area contributed by atoms with E-state index in [1.54, 1.807) is 19.1 Å². The summed E-state index contributed by atoms with van der Waals surface area (Å²) in [6.45, 7) is 7.88. The maximum atomic E-state index is 11.4. The van der Waals surface area contributed by atoms with Gasteiger partial charge in [-0.25, -0.2) is 4.79 Å². The van der Waals surface area contributed by atoms with Crippen LogP contribution in [-0.2, 0) is 4.74 Å². The maximum Gasteiger partial charge on any atom is 0.407 e. The van der Waals surface area contributed by atoms with E-state index in [1.807, 2.05) is 25.1 Å². The molecule has 0 saturated heterocycles. The van der Waals surface area contributed by atoms with Gasteiger partial charge in [-0.1, -0.05) is 43.8 Å². The first-order chi connectivity index (χ1) is 9.10. The monoisotopic (exact) mass is 263 g/mol. The maximum absolute atomic E-state index is 11.4. The van der Waals surface area contributed by atoms with E-state index >= 15 is 0 Å². The van der Waals surface area contributed by atoms with Crippen molar-refractivity contribution < 1.29 is 14.6 Å². The van der Waals surface area contributed by atoms with E-state index in [0.717, 1.165) is 12.0 Å². The van der Waals surface area contributed by atoms with Crippen LogP contribution in [0.4, 0.5) is 4.79 Å². The topological polar surface area (TPSA) is 58.6 Å². The molecular formula is C15H21NO3. The van der Waals surface area contributed by atoms with Crippen LogP contribution in [0.1, 0.15) is 37.5 Å². The number of rotatable bonds is 6. The number of hydrogen-bond acceptors (Lipinski definition) is 3. The summed E-state index contributed by atoms with van der Waals surface area (Å²) in [5.41, 5.74) is 1.53. The minimum atomic E-state index is -0.874. The normalized spacial score (nSPS) is 13.4. The van der Waals surface area contributed by atoms with E-state index in [1.165, 1.54) is 0 Å². The molecule has 1 rings (SSSR count). The summed E-state index contributed by atoms with van der Waals surface area (Å²) in [5.74, 6) is 0. The number of nitrogens with one attached hydrogen (secondary N) is 1. The molecule has 0 aliphatic carbocycles. The van der Waals surface area contributed by atoms with Gasteiger partial charge in [0.05, 0.1) is 0 Å². The second-order valence-electron chi connectivity index (χ2n) is 4.32. The standard InChI is InChI=1S/C15H21NO3/c1-4-10-16-15(18)19-11(3)14(17)13-9-7-6-8-12(13)5-2/h5-9,11,14,17H,2,4,10H2,1,3H3,(H,16,18)/t11-,14?/m1/s1. The fourth-order valence-electron chi connectivity index (χ4n) is 1.72. The highest BCUT2D eigenvalue weighted by atomic mass is 16.6. The Hall–Kier alpha value is -1.81. The Morgan fingerprint density at radius 2 is 2.21 bits per heavy atom. The van der Waals surface area contributed by atoms with Gasteiger partial charge in [-0.05, 0) is 24.5 Å². The fourth-order valence-corrected chi connectivity index (χ4v) is 1.72. The Morgan fingerprint density at radius 3 is 2.84 bits per heavy atom. The van der Waals surface area contributed by atoms with Crippen LogP contribution in [-0.4, -0.2) is 23.8 Å². The lowest BCUT2D eigenvalue weighted by Gasteiger charge is -2.21. The van der Waals surface area contributed by atoms with Crippen LogP contribution >= 0.6 is 0 Å². The van der Waals surface area contributed by atoms with Gasteiger partial charge in [-0.3, -0.25) is 0 Å². The number of benzene rings is 1. The minimum Gasteiger partial charge on any atom is -0.443 e. The molecule has 1 aromatic carbocycles. The van der Waals surface area contributed by atoms with Crippen LogP contribution < -0.4 is 5.32 Å². The molecule has 1 amide bonds. The van der Waals surface area contributed by atoms with Gasteiger partial charge in [0.25, 0.3) is 0 Å². The SMILES string of the molecule is C=Cc1ccccc1C(O)[C@@H](C)OC(=O)NCCC. The summed E-state index contributed by atoms with van der Waals surface area (Å²) < 4.78 is 5.13. The van der Waals surface area contributed by atoms with Gasteiger partial charge in [0.15, 0.2) is 0 Å². The second kappa shape index (κ2) is 7.59. The summed E-state index contributed by atoms with van der Waals surface area (Å²) in [7, 11) is 0. The first kappa shape index (κ1) is 15.2. The van der Waals surface area contributed by atoms with Gasteiger partial charge in [0.1, 0.15) is 12.2 Å². The van der Waals surface area contributed by atoms with Gasteiger partial charge in [0, 0.05) is 6.54 Å². The molecule has 0 aliphatic heterocycles. The third-order valence-electron chi connectivity index (χ3n) is 2.79. The summed E-state index contributed by atoms with van der Waals surface area (Å²) in [5, 5.41) is 12.8. The molecule has 0 fully saturated rings. The lowest BCUT2D eigenvalue weighted by Crippen LogP contribution is -2.31. The van der Waals surface area contributed by atoms with Crippen molar-refractivity contribution in [3.63, 3.8) is 0 Å². The molecule has 1 unspecified atom stereocenters. The van der Waals surface area contributed by atoms with E-state index in [4.69, 9.17) is 4.74 Å². The lowest BCUT2D eigenvalue weighted by molar-refractivity contribution is 0.0119. The van der Waals surface area contributed by atoms with Crippen molar-refractivity contribution in [2.75, 3.05) is 6.54 Å². The van der Waals surface area contributed by atoms with Crippen LogP contribution in [0.5, 0.6) is 0 Å². The molecule has 4 heteroatoms. The Bertz CT molecular complexity index is 431. The van der Waals surface area contributed by atoms with Gasteiger partial charge >= 0.3 is 6.09 Å². The van der Waals surface area contributed by atoms with E-state index in [2.05, 4.69) is 11.9 Å². The van der Waals surface area contributed by atoms with Gasteiger partial charge in [-0.15, -0.1) is 0 Å². The Kier molecular flexibility index (Phi) is 6.09. The fraction of sp³-hybridized carbons (Fsp3) is 0.400. The first-order valence-corrected chi connectivity index (χ1v) is 6.44. The number of ether oxygens (including phenoxy) is 1. The lowest BCUT2D eigenvalue weighted by atomic mass is 9.99. The number of alkyl carbamates (subject to hydrolysis) is 1. The molecule has 1 aromatic rings. The van der Waals surface area contributed by atoms with Crippen molar-refractivity contribution in [1.82, 2.24) is 5.32 Å². The molecule has 0 heterocycles. The largest absolute Gasteiger partial charge is 0.443 e. The third-order valence-corrected chi connectivity index (χ3v) is 2.79. The van der Waals surface area contributed by atoms with Gasteiger partial charge in [-0.2, -0.15) is 0 Å². The molecule has 104 valence electrons. The van der Waals surface area contributed by atoms with Crippen LogP contribution in [0.3, 0.4) is 0 Å². The summed E-state index contributed by atoms with van der Waals surface area (Å²) in [4.78, 5) is 11.4. The van der Waals surface area contributed by atoms with Crippen molar-refractivity contribution in [1.29, 1.82) is 0 Å². The highest BCUT2D eigenvalue weighted by Crippen LogP contribution is 2.23. The molecule has 2 N–H and O–H groups in total. The molecule has 0 aromatic heterocycles. The van der Waals surface area contributed by atoms with E-state index in [0.29, 0.717) is 12.1 Å². The van der Waals surface area contributed by atoms with Crippen molar-refractivity contribution in [2.45, 2.75) is 32.5 Å². The van der Waals surface area contributed by atoms with Gasteiger partial charge in [0.2, 0.25) is 0 Å². The van der Waals surface area contributed by atoms with Crippen LogP contribution in [0.25, 0.3) is 6.08 Å². The average molecular weight is 263 g/mol. The molecule has 0 radical (unpaired) electrons. The van der Waals surface area contributed by atoms with Crippen molar-refractivity contribution >= 4 is 12.2 Å². The minimum absolute atomic E-state index is 0.510. The second-order valence-corrected chi connectivity index (χ2v) is 4.32. The van der Waals surface area contributed by atoms with Crippen molar-refractivity contribution in [3.05, 3.63) is 42.0 Å². The highest BCUT2D eigenvalue weighted by Gasteiger charge is 2.21. The number of hydrogen-bond donors (Lipinski definition) is 2. The average Bonchev–Trinajstić information content (AvgIpc) is 2.44. The molecule has 0 spiro atoms. The molecular weight excluding hydrogens is 242 g/mol. The first-order valence-electron chi connectivity index (χ1n) is 6.44. The van der Waals surface area contributed by atoms with Crippen molar-refractivity contribution in [2.24, 2.45) is 0 Å². The molecule has 0 aliphatic rings. The highest BCUT2D eigenvalue weighted by molar-refractivity contribution is 5.67. The number of carbonyl (C=O) groups excluding carboxylic acids is 1. The zero-order valence-corrected chi connectivity index (χ0v) is 11.4. The third kappa shape index (κ3) is 4.41. The Morgan fingerprint density at radius 1 is 1.53 bits per heavy atom. The number of amides is 1. The summed E-state index contributed by atoms with van der Waals surface area (Å²) in [6, 6.07) is 7.35. The van der Waals surface area contributed by atoms with Crippen LogP contribution in [0.15, 0.2) is 30.8 Å². The quantitative estimate of drug-likeness (QED) is 0.829. The molecule has 2 atom stereocenters.